The van der Waals surface area contributed by atoms with Gasteiger partial charge in [-0.2, -0.15) is 0 Å². The normalized spacial score (nSPS) is 20.7. The van der Waals surface area contributed by atoms with Crippen molar-refractivity contribution >= 4 is 21.4 Å². The van der Waals surface area contributed by atoms with Crippen molar-refractivity contribution in [1.29, 1.82) is 0 Å². The lowest BCUT2D eigenvalue weighted by Crippen LogP contribution is -2.38. The maximum Gasteiger partial charge on any atom is 0.238 e. The third kappa shape index (κ3) is 4.21. The molecule has 0 bridgehead atoms. The molecule has 1 amide bonds. The van der Waals surface area contributed by atoms with Gasteiger partial charge >= 0.3 is 0 Å². The monoisotopic (exact) mass is 318 g/mol. The smallest absolute Gasteiger partial charge is 0.238 e. The van der Waals surface area contributed by atoms with Gasteiger partial charge in [-0.05, 0) is 25.6 Å². The lowest BCUT2D eigenvalue weighted by molar-refractivity contribution is -0.117. The Morgan fingerprint density at radius 3 is 2.71 bits per heavy atom. The predicted octanol–water partition coefficient (Wildman–Crippen LogP) is 1.02. The van der Waals surface area contributed by atoms with E-state index in [4.69, 9.17) is 0 Å². The van der Waals surface area contributed by atoms with Crippen LogP contribution in [0.5, 0.6) is 0 Å². The molecule has 8 heteroatoms. The molecule has 1 fully saturated rings. The molecule has 0 aliphatic carbocycles. The van der Waals surface area contributed by atoms with Crippen molar-refractivity contribution in [2.24, 2.45) is 0 Å². The maximum absolute atomic E-state index is 13.4. The predicted molar refractivity (Wildman–Crippen MR) is 74.7 cm³/mol. The first-order chi connectivity index (χ1) is 9.77. The molecule has 1 aliphatic heterocycles. The third-order valence-electron chi connectivity index (χ3n) is 3.43. The number of nitrogens with zero attached hydrogens (tertiary/aromatic N) is 1. The Labute approximate surface area is 121 Å². The van der Waals surface area contributed by atoms with Crippen molar-refractivity contribution in [2.45, 2.75) is 12.5 Å². The second-order valence-electron chi connectivity index (χ2n) is 5.14. The molecule has 1 aromatic carbocycles. The van der Waals surface area contributed by atoms with E-state index in [-0.39, 0.29) is 29.8 Å². The summed E-state index contributed by atoms with van der Waals surface area (Å²) in [7, 11) is -1.38. The second kappa shape index (κ2) is 6.07. The van der Waals surface area contributed by atoms with Gasteiger partial charge in [0.15, 0.2) is 9.84 Å². The summed E-state index contributed by atoms with van der Waals surface area (Å²) in [6, 6.07) is 2.66. The number of hydrogen-bond acceptors (Lipinski definition) is 4. The quantitative estimate of drug-likeness (QED) is 0.900. The van der Waals surface area contributed by atoms with E-state index in [2.05, 4.69) is 5.32 Å². The van der Waals surface area contributed by atoms with Gasteiger partial charge in [-0.25, -0.2) is 17.2 Å². The van der Waals surface area contributed by atoms with Crippen molar-refractivity contribution in [3.05, 3.63) is 29.8 Å². The fourth-order valence-electron chi connectivity index (χ4n) is 2.26. The van der Waals surface area contributed by atoms with Gasteiger partial charge in [-0.1, -0.05) is 0 Å². The first-order valence-corrected chi connectivity index (χ1v) is 8.24. The molecule has 5 nitrogen and oxygen atoms in total. The van der Waals surface area contributed by atoms with Crippen LogP contribution in [0.1, 0.15) is 6.42 Å². The number of amides is 1. The van der Waals surface area contributed by atoms with Crippen LogP contribution in [0.2, 0.25) is 0 Å². The van der Waals surface area contributed by atoms with Crippen LogP contribution in [0, 0.1) is 11.6 Å². The van der Waals surface area contributed by atoms with E-state index in [1.54, 1.807) is 11.9 Å². The van der Waals surface area contributed by atoms with Crippen LogP contribution in [-0.2, 0) is 14.6 Å². The summed E-state index contributed by atoms with van der Waals surface area (Å²) in [4.78, 5) is 13.4. The molecule has 1 saturated heterocycles. The molecule has 0 spiro atoms. The molecule has 1 unspecified atom stereocenters. The van der Waals surface area contributed by atoms with E-state index >= 15 is 0 Å². The Kier molecular flexibility index (Phi) is 4.58. The highest BCUT2D eigenvalue weighted by atomic mass is 32.2. The van der Waals surface area contributed by atoms with Crippen molar-refractivity contribution in [3.63, 3.8) is 0 Å². The van der Waals surface area contributed by atoms with Gasteiger partial charge in [-0.15, -0.1) is 0 Å². The van der Waals surface area contributed by atoms with E-state index in [1.165, 1.54) is 0 Å². The SMILES string of the molecule is CN(CC(=O)Nc1ccc(F)cc1F)C1CCS(=O)(=O)C1. The number of benzene rings is 1. The fourth-order valence-corrected chi connectivity index (χ4v) is 4.06. The Morgan fingerprint density at radius 2 is 2.14 bits per heavy atom. The topological polar surface area (TPSA) is 66.5 Å². The number of halogens is 2. The zero-order valence-corrected chi connectivity index (χ0v) is 12.3. The fraction of sp³-hybridized carbons (Fsp3) is 0.462. The van der Waals surface area contributed by atoms with Gasteiger partial charge in [0.1, 0.15) is 11.6 Å². The number of nitrogens with one attached hydrogen (secondary N) is 1. The zero-order valence-electron chi connectivity index (χ0n) is 11.5. The van der Waals surface area contributed by atoms with Crippen LogP contribution >= 0.6 is 0 Å². The minimum atomic E-state index is -3.02. The Bertz CT molecular complexity index is 649. The minimum Gasteiger partial charge on any atom is -0.322 e. The van der Waals surface area contributed by atoms with E-state index in [9.17, 15) is 22.0 Å². The minimum absolute atomic E-state index is 0.0295. The summed E-state index contributed by atoms with van der Waals surface area (Å²) in [5.41, 5.74) is -0.103. The molecule has 21 heavy (non-hydrogen) atoms. The summed E-state index contributed by atoms with van der Waals surface area (Å²) in [6.45, 7) is -0.0585. The molecule has 1 atom stereocenters. The van der Waals surface area contributed by atoms with Gasteiger partial charge in [0.05, 0.1) is 23.7 Å². The van der Waals surface area contributed by atoms with Crippen LogP contribution in [0.25, 0.3) is 0 Å². The van der Waals surface area contributed by atoms with Gasteiger partial charge in [0.25, 0.3) is 0 Å². The summed E-state index contributed by atoms with van der Waals surface area (Å²) in [6.07, 6.45) is 0.483. The van der Waals surface area contributed by atoms with E-state index in [0.29, 0.717) is 12.5 Å². The molecule has 2 rings (SSSR count). The Morgan fingerprint density at radius 1 is 1.43 bits per heavy atom. The van der Waals surface area contributed by atoms with Crippen molar-refractivity contribution < 1.29 is 22.0 Å². The average molecular weight is 318 g/mol. The highest BCUT2D eigenvalue weighted by Gasteiger charge is 2.31. The van der Waals surface area contributed by atoms with Crippen molar-refractivity contribution in [1.82, 2.24) is 4.90 Å². The van der Waals surface area contributed by atoms with Gasteiger partial charge < -0.3 is 5.32 Å². The average Bonchev–Trinajstić information content (AvgIpc) is 2.73. The molecule has 0 saturated carbocycles. The van der Waals surface area contributed by atoms with Gasteiger partial charge in [0, 0.05) is 12.1 Å². The maximum atomic E-state index is 13.4. The number of carbonyl (C=O) groups is 1. The molecule has 1 heterocycles. The van der Waals surface area contributed by atoms with E-state index in [1.807, 2.05) is 0 Å². The largest absolute Gasteiger partial charge is 0.322 e. The molecule has 0 radical (unpaired) electrons. The number of anilines is 1. The Balaban J connectivity index is 1.92. The van der Waals surface area contributed by atoms with Crippen LogP contribution in [0.15, 0.2) is 18.2 Å². The summed E-state index contributed by atoms with van der Waals surface area (Å²) in [5.74, 6) is -1.90. The zero-order chi connectivity index (χ0) is 15.6. The van der Waals surface area contributed by atoms with Crippen LogP contribution < -0.4 is 5.32 Å². The summed E-state index contributed by atoms with van der Waals surface area (Å²) < 4.78 is 48.9. The number of likely N-dealkylation sites (N-methyl/N-ethyl adjacent to an activating group) is 1. The van der Waals surface area contributed by atoms with Crippen LogP contribution in [-0.4, -0.2) is 50.4 Å². The molecule has 0 aromatic heterocycles. The highest BCUT2D eigenvalue weighted by molar-refractivity contribution is 7.91. The molecular formula is C13H16F2N2O3S. The van der Waals surface area contributed by atoms with E-state index in [0.717, 1.165) is 12.1 Å². The van der Waals surface area contributed by atoms with Crippen LogP contribution in [0.3, 0.4) is 0 Å². The highest BCUT2D eigenvalue weighted by Crippen LogP contribution is 2.17. The molecule has 116 valence electrons. The lowest BCUT2D eigenvalue weighted by atomic mass is 10.2. The second-order valence-corrected chi connectivity index (χ2v) is 7.37. The molecule has 1 N–H and O–H groups in total. The summed E-state index contributed by atoms with van der Waals surface area (Å²) in [5, 5.41) is 2.34. The molecular weight excluding hydrogens is 302 g/mol. The first-order valence-electron chi connectivity index (χ1n) is 6.42. The lowest BCUT2D eigenvalue weighted by Gasteiger charge is -2.22. The standard InChI is InChI=1S/C13H16F2N2O3S/c1-17(10-4-5-21(19,20)8-10)7-13(18)16-12-3-2-9(14)6-11(12)15/h2-3,6,10H,4-5,7-8H2,1H3,(H,16,18). The van der Waals surface area contributed by atoms with E-state index < -0.39 is 27.4 Å². The molecule has 1 aromatic rings. The van der Waals surface area contributed by atoms with Crippen molar-refractivity contribution in [3.8, 4) is 0 Å². The van der Waals surface area contributed by atoms with Gasteiger partial charge in [-0.3, -0.25) is 9.69 Å². The number of sulfone groups is 1. The number of carbonyl (C=O) groups excluding carboxylic acids is 1. The Hall–Kier alpha value is -1.54. The van der Waals surface area contributed by atoms with Crippen LogP contribution in [0.4, 0.5) is 14.5 Å². The third-order valence-corrected chi connectivity index (χ3v) is 5.18. The van der Waals surface area contributed by atoms with Crippen molar-refractivity contribution in [2.75, 3.05) is 30.4 Å². The number of rotatable bonds is 4. The first kappa shape index (κ1) is 15.8. The van der Waals surface area contributed by atoms with Gasteiger partial charge in [0.2, 0.25) is 5.91 Å². The number of hydrogen-bond donors (Lipinski definition) is 1. The summed E-state index contributed by atoms with van der Waals surface area (Å²) >= 11 is 0. The molecule has 1 aliphatic rings.